The summed E-state index contributed by atoms with van der Waals surface area (Å²) in [4.78, 5) is 36.7. The van der Waals surface area contributed by atoms with Gasteiger partial charge < -0.3 is 19.3 Å². The molecule has 0 radical (unpaired) electrons. The number of furan rings is 1. The molecule has 2 heterocycles. The number of fused-ring (bicyclic) bond motifs is 2. The van der Waals surface area contributed by atoms with Crippen LogP contribution in [0.1, 0.15) is 57.7 Å². The zero-order chi connectivity index (χ0) is 23.1. The molecular weight excluding hydrogens is 398 g/mol. The number of carboxylic acid groups (broad SMARTS) is 1. The quantitative estimate of drug-likeness (QED) is 0.568. The van der Waals surface area contributed by atoms with E-state index in [9.17, 15) is 19.5 Å². The molecule has 7 nitrogen and oxygen atoms in total. The average Bonchev–Trinajstić information content (AvgIpc) is 3.10. The molecule has 0 aliphatic carbocycles. The number of carboxylic acids is 1. The van der Waals surface area contributed by atoms with Gasteiger partial charge in [0.05, 0.1) is 18.2 Å². The molecular formula is C24H29NO6. The van der Waals surface area contributed by atoms with Crippen molar-refractivity contribution in [1.29, 1.82) is 0 Å². The van der Waals surface area contributed by atoms with E-state index in [1.165, 1.54) is 0 Å². The highest BCUT2D eigenvalue weighted by Gasteiger charge is 2.27. The number of benzene rings is 1. The summed E-state index contributed by atoms with van der Waals surface area (Å²) in [5, 5.41) is 13.6. The van der Waals surface area contributed by atoms with E-state index < -0.39 is 23.5 Å². The number of aryl methyl sites for hydroxylation is 1. The molecule has 7 heteroatoms. The van der Waals surface area contributed by atoms with Crippen molar-refractivity contribution in [2.24, 2.45) is 5.92 Å². The first-order valence-electron chi connectivity index (χ1n) is 10.4. The van der Waals surface area contributed by atoms with Gasteiger partial charge in [0.1, 0.15) is 17.2 Å². The Kier molecular flexibility index (Phi) is 5.98. The topological polar surface area (TPSA) is 110 Å². The first kappa shape index (κ1) is 22.6. The fraction of sp³-hybridized carbons (Fsp3) is 0.458. The number of carbonyl (C=O) groups is 2. The van der Waals surface area contributed by atoms with E-state index >= 15 is 0 Å². The lowest BCUT2D eigenvalue weighted by Gasteiger charge is -2.20. The highest BCUT2D eigenvalue weighted by molar-refractivity contribution is 5.97. The Labute approximate surface area is 180 Å². The lowest BCUT2D eigenvalue weighted by Crippen LogP contribution is -2.45. The monoisotopic (exact) mass is 427 g/mol. The van der Waals surface area contributed by atoms with Crippen LogP contribution in [0.3, 0.4) is 0 Å². The van der Waals surface area contributed by atoms with Crippen LogP contribution in [0.25, 0.3) is 21.9 Å². The van der Waals surface area contributed by atoms with Gasteiger partial charge in [0.2, 0.25) is 5.91 Å². The van der Waals surface area contributed by atoms with Crippen molar-refractivity contribution in [3.8, 4) is 0 Å². The maximum atomic E-state index is 12.6. The van der Waals surface area contributed by atoms with Crippen molar-refractivity contribution in [3.05, 3.63) is 45.5 Å². The fourth-order valence-electron chi connectivity index (χ4n) is 3.76. The molecule has 3 aromatic rings. The van der Waals surface area contributed by atoms with Crippen molar-refractivity contribution < 1.29 is 23.5 Å². The summed E-state index contributed by atoms with van der Waals surface area (Å²) in [5.74, 6) is -1.86. The van der Waals surface area contributed by atoms with Crippen LogP contribution < -0.4 is 10.9 Å². The molecule has 166 valence electrons. The first-order chi connectivity index (χ1) is 14.4. The Morgan fingerprint density at radius 3 is 2.42 bits per heavy atom. The van der Waals surface area contributed by atoms with E-state index in [-0.39, 0.29) is 23.3 Å². The smallest absolute Gasteiger partial charge is 0.340 e. The molecule has 3 rings (SSSR count). The molecule has 2 aromatic heterocycles. The summed E-state index contributed by atoms with van der Waals surface area (Å²) in [6.45, 7) is 11.7. The third-order valence-corrected chi connectivity index (χ3v) is 5.92. The van der Waals surface area contributed by atoms with E-state index in [1.54, 1.807) is 26.2 Å². The van der Waals surface area contributed by atoms with Gasteiger partial charge in [-0.15, -0.1) is 0 Å². The number of rotatable bonds is 6. The van der Waals surface area contributed by atoms with Gasteiger partial charge in [0.25, 0.3) is 0 Å². The van der Waals surface area contributed by atoms with Crippen LogP contribution in [0.4, 0.5) is 0 Å². The lowest BCUT2D eigenvalue weighted by atomic mass is 9.86. The number of amides is 1. The number of hydrogen-bond acceptors (Lipinski definition) is 5. The maximum Gasteiger partial charge on any atom is 0.340 e. The first-order valence-corrected chi connectivity index (χ1v) is 10.4. The second-order valence-electron chi connectivity index (χ2n) is 9.18. The van der Waals surface area contributed by atoms with Crippen LogP contribution in [0.15, 0.2) is 32.0 Å². The van der Waals surface area contributed by atoms with E-state index in [0.29, 0.717) is 23.2 Å². The minimum Gasteiger partial charge on any atom is -0.480 e. The van der Waals surface area contributed by atoms with E-state index in [2.05, 4.69) is 26.1 Å². The number of carbonyl (C=O) groups excluding carboxylic acids is 1. The van der Waals surface area contributed by atoms with Crippen molar-refractivity contribution in [2.45, 2.75) is 65.8 Å². The molecule has 0 aliphatic heterocycles. The summed E-state index contributed by atoms with van der Waals surface area (Å²) in [6, 6.07) is 2.61. The largest absolute Gasteiger partial charge is 0.480 e. The van der Waals surface area contributed by atoms with E-state index in [0.717, 1.165) is 16.3 Å². The Morgan fingerprint density at radius 1 is 1.16 bits per heavy atom. The fourth-order valence-corrected chi connectivity index (χ4v) is 3.76. The lowest BCUT2D eigenvalue weighted by molar-refractivity contribution is -0.143. The molecule has 2 atom stereocenters. The summed E-state index contributed by atoms with van der Waals surface area (Å²) < 4.78 is 11.2. The van der Waals surface area contributed by atoms with Gasteiger partial charge >= 0.3 is 11.6 Å². The molecule has 2 N–H and O–H groups in total. The molecule has 0 saturated carbocycles. The second-order valence-corrected chi connectivity index (χ2v) is 9.18. The van der Waals surface area contributed by atoms with Crippen LogP contribution in [0.2, 0.25) is 0 Å². The SMILES string of the molecule is CCC(C)C(NC(=O)Cc1c(C)c2cc3c(C(C)(C)C)coc3cc2oc1=O)C(=O)O. The minimum atomic E-state index is -1.10. The zero-order valence-electron chi connectivity index (χ0n) is 18.8. The molecule has 1 aromatic carbocycles. The third kappa shape index (κ3) is 4.36. The number of hydrogen-bond donors (Lipinski definition) is 2. The van der Waals surface area contributed by atoms with E-state index in [4.69, 9.17) is 8.83 Å². The van der Waals surface area contributed by atoms with Gasteiger partial charge in [0, 0.05) is 22.4 Å². The van der Waals surface area contributed by atoms with Gasteiger partial charge in [0.15, 0.2) is 0 Å². The number of aliphatic carboxylic acids is 1. The minimum absolute atomic E-state index is 0.132. The highest BCUT2D eigenvalue weighted by atomic mass is 16.4. The van der Waals surface area contributed by atoms with Crippen LogP contribution in [0, 0.1) is 12.8 Å². The highest BCUT2D eigenvalue weighted by Crippen LogP contribution is 2.35. The zero-order valence-corrected chi connectivity index (χ0v) is 18.8. The summed E-state index contributed by atoms with van der Waals surface area (Å²) in [6.07, 6.45) is 2.07. The van der Waals surface area contributed by atoms with Gasteiger partial charge in [-0.1, -0.05) is 41.0 Å². The van der Waals surface area contributed by atoms with Gasteiger partial charge in [-0.2, -0.15) is 0 Å². The molecule has 0 fully saturated rings. The van der Waals surface area contributed by atoms with Crippen molar-refractivity contribution in [2.75, 3.05) is 0 Å². The third-order valence-electron chi connectivity index (χ3n) is 5.92. The van der Waals surface area contributed by atoms with Gasteiger partial charge in [-0.25, -0.2) is 9.59 Å². The van der Waals surface area contributed by atoms with Crippen LogP contribution in [-0.4, -0.2) is 23.0 Å². The second kappa shape index (κ2) is 8.21. The number of nitrogens with one attached hydrogen (secondary N) is 1. The molecule has 0 spiro atoms. The summed E-state index contributed by atoms with van der Waals surface area (Å²) in [5.41, 5.74) is 2.16. The van der Waals surface area contributed by atoms with Crippen molar-refractivity contribution in [1.82, 2.24) is 5.32 Å². The van der Waals surface area contributed by atoms with Crippen molar-refractivity contribution in [3.63, 3.8) is 0 Å². The standard InChI is InChI=1S/C24H29NO6/c1-7-12(2)21(22(27)28)25-20(26)9-15-13(3)14-8-16-17(24(4,5)6)11-30-18(16)10-19(14)31-23(15)29/h8,10-12,21H,7,9H2,1-6H3,(H,25,26)(H,27,28). The van der Waals surface area contributed by atoms with Crippen LogP contribution >= 0.6 is 0 Å². The maximum absolute atomic E-state index is 12.6. The Morgan fingerprint density at radius 2 is 1.84 bits per heavy atom. The van der Waals surface area contributed by atoms with E-state index in [1.807, 2.05) is 13.0 Å². The normalized spacial score (nSPS) is 14.0. The van der Waals surface area contributed by atoms with Gasteiger partial charge in [-0.3, -0.25) is 4.79 Å². The average molecular weight is 427 g/mol. The molecule has 0 saturated heterocycles. The predicted molar refractivity (Wildman–Crippen MR) is 118 cm³/mol. The Hall–Kier alpha value is -3.09. The molecule has 1 amide bonds. The molecule has 0 bridgehead atoms. The molecule has 2 unspecified atom stereocenters. The van der Waals surface area contributed by atoms with Crippen LogP contribution in [0.5, 0.6) is 0 Å². The van der Waals surface area contributed by atoms with Gasteiger partial charge in [-0.05, 0) is 29.9 Å². The Bertz CT molecular complexity index is 1210. The predicted octanol–water partition coefficient (Wildman–Crippen LogP) is 4.30. The summed E-state index contributed by atoms with van der Waals surface area (Å²) >= 11 is 0. The Balaban J connectivity index is 2.03. The molecule has 0 aliphatic rings. The van der Waals surface area contributed by atoms with Crippen LogP contribution in [-0.2, 0) is 21.4 Å². The summed E-state index contributed by atoms with van der Waals surface area (Å²) in [7, 11) is 0. The molecule has 31 heavy (non-hydrogen) atoms. The van der Waals surface area contributed by atoms with Crippen molar-refractivity contribution >= 4 is 33.8 Å².